The van der Waals surface area contributed by atoms with Gasteiger partial charge in [0.05, 0.1) is 6.10 Å². The average Bonchev–Trinajstić information content (AvgIpc) is 3.04. The largest absolute Gasteiger partial charge is 0.377 e. The molecule has 3 atom stereocenters. The monoisotopic (exact) mass is 259 g/mol. The minimum Gasteiger partial charge on any atom is -0.377 e. The van der Waals surface area contributed by atoms with E-state index in [1.54, 1.807) is 0 Å². The molecule has 3 unspecified atom stereocenters. The molecule has 0 aromatic heterocycles. The Labute approximate surface area is 107 Å². The number of hydrogen-bond donors (Lipinski definition) is 1. The highest BCUT2D eigenvalue weighted by molar-refractivity contribution is 7.85. The maximum Gasteiger partial charge on any atom is 0.0691 e. The van der Waals surface area contributed by atoms with Gasteiger partial charge in [0.25, 0.3) is 0 Å². The van der Waals surface area contributed by atoms with Crippen LogP contribution in [0.3, 0.4) is 0 Å². The zero-order chi connectivity index (χ0) is 12.1. The molecule has 2 fully saturated rings. The van der Waals surface area contributed by atoms with Gasteiger partial charge in [0.1, 0.15) is 0 Å². The van der Waals surface area contributed by atoms with Crippen molar-refractivity contribution in [2.75, 3.05) is 24.7 Å². The Balaban J connectivity index is 1.70. The van der Waals surface area contributed by atoms with E-state index in [2.05, 4.69) is 12.2 Å². The number of rotatable bonds is 8. The van der Waals surface area contributed by atoms with Gasteiger partial charge in [-0.25, -0.2) is 0 Å². The molecule has 100 valence electrons. The van der Waals surface area contributed by atoms with E-state index in [1.165, 1.54) is 12.8 Å². The van der Waals surface area contributed by atoms with E-state index >= 15 is 0 Å². The molecule has 1 heterocycles. The Hall–Kier alpha value is 0.0700. The number of hydrogen-bond acceptors (Lipinski definition) is 3. The van der Waals surface area contributed by atoms with E-state index in [9.17, 15) is 4.21 Å². The standard InChI is InChI=1S/C13H25NO2S/c1-2-7-14-13(11-5-6-11)10-17(15)9-12-4-3-8-16-12/h11-14H,2-10H2,1H3. The zero-order valence-electron chi connectivity index (χ0n) is 10.8. The minimum absolute atomic E-state index is 0.266. The topological polar surface area (TPSA) is 38.3 Å². The molecule has 1 saturated carbocycles. The van der Waals surface area contributed by atoms with Gasteiger partial charge < -0.3 is 10.1 Å². The second-order valence-electron chi connectivity index (χ2n) is 5.31. The lowest BCUT2D eigenvalue weighted by Crippen LogP contribution is -2.37. The van der Waals surface area contributed by atoms with Crippen LogP contribution in [0.15, 0.2) is 0 Å². The molecular weight excluding hydrogens is 234 g/mol. The highest BCUT2D eigenvalue weighted by Crippen LogP contribution is 2.33. The molecule has 1 aliphatic carbocycles. The summed E-state index contributed by atoms with van der Waals surface area (Å²) in [5.41, 5.74) is 0. The fraction of sp³-hybridized carbons (Fsp3) is 1.00. The lowest BCUT2D eigenvalue weighted by Gasteiger charge is -2.18. The molecule has 1 aliphatic heterocycles. The second kappa shape index (κ2) is 6.86. The summed E-state index contributed by atoms with van der Waals surface area (Å²) in [6, 6.07) is 0.484. The van der Waals surface area contributed by atoms with E-state index in [0.717, 1.165) is 49.8 Å². The fourth-order valence-corrected chi connectivity index (χ4v) is 4.05. The summed E-state index contributed by atoms with van der Waals surface area (Å²) >= 11 is 0. The van der Waals surface area contributed by atoms with Gasteiger partial charge in [0.2, 0.25) is 0 Å². The van der Waals surface area contributed by atoms with Crippen LogP contribution in [0, 0.1) is 5.92 Å². The summed E-state index contributed by atoms with van der Waals surface area (Å²) in [6.45, 7) is 4.10. The molecule has 0 amide bonds. The van der Waals surface area contributed by atoms with Crippen molar-refractivity contribution in [1.29, 1.82) is 0 Å². The Morgan fingerprint density at radius 2 is 2.24 bits per heavy atom. The Bertz CT molecular complexity index is 250. The first kappa shape index (κ1) is 13.5. The van der Waals surface area contributed by atoms with Crippen LogP contribution in [-0.2, 0) is 15.5 Å². The Kier molecular flexibility index (Phi) is 5.45. The summed E-state index contributed by atoms with van der Waals surface area (Å²) in [7, 11) is -0.711. The van der Waals surface area contributed by atoms with Crippen LogP contribution >= 0.6 is 0 Å². The lowest BCUT2D eigenvalue weighted by atomic mass is 10.2. The maximum absolute atomic E-state index is 12.1. The molecular formula is C13H25NO2S. The first-order valence-electron chi connectivity index (χ1n) is 6.99. The van der Waals surface area contributed by atoms with E-state index in [4.69, 9.17) is 4.74 Å². The first-order valence-corrected chi connectivity index (χ1v) is 8.48. The van der Waals surface area contributed by atoms with E-state index in [1.807, 2.05) is 0 Å². The molecule has 1 saturated heterocycles. The Morgan fingerprint density at radius 1 is 1.41 bits per heavy atom. The van der Waals surface area contributed by atoms with Crippen LogP contribution in [-0.4, -0.2) is 41.0 Å². The third kappa shape index (κ3) is 4.68. The maximum atomic E-state index is 12.1. The van der Waals surface area contributed by atoms with Gasteiger partial charge in [-0.2, -0.15) is 0 Å². The van der Waals surface area contributed by atoms with Crippen molar-refractivity contribution < 1.29 is 8.95 Å². The van der Waals surface area contributed by atoms with Crippen LogP contribution in [0.25, 0.3) is 0 Å². The third-order valence-corrected chi connectivity index (χ3v) is 5.08. The van der Waals surface area contributed by atoms with Crippen molar-refractivity contribution >= 4 is 10.8 Å². The predicted molar refractivity (Wildman–Crippen MR) is 71.7 cm³/mol. The molecule has 0 bridgehead atoms. The minimum atomic E-state index is -0.711. The van der Waals surface area contributed by atoms with Crippen LogP contribution in [0.1, 0.15) is 39.0 Å². The third-order valence-electron chi connectivity index (χ3n) is 3.61. The molecule has 1 N–H and O–H groups in total. The quantitative estimate of drug-likeness (QED) is 0.721. The summed E-state index contributed by atoms with van der Waals surface area (Å²) in [5.74, 6) is 2.36. The van der Waals surface area contributed by atoms with Gasteiger partial charge in [0.15, 0.2) is 0 Å². The second-order valence-corrected chi connectivity index (χ2v) is 6.85. The van der Waals surface area contributed by atoms with Gasteiger partial charge in [0, 0.05) is 35.0 Å². The first-order chi connectivity index (χ1) is 8.29. The van der Waals surface area contributed by atoms with Gasteiger partial charge in [-0.1, -0.05) is 6.92 Å². The molecule has 0 radical (unpaired) electrons. The highest BCUT2D eigenvalue weighted by atomic mass is 32.2. The molecule has 0 aromatic carbocycles. The molecule has 17 heavy (non-hydrogen) atoms. The normalized spacial score (nSPS) is 28.2. The molecule has 3 nitrogen and oxygen atoms in total. The summed E-state index contributed by atoms with van der Waals surface area (Å²) < 4.78 is 17.6. The van der Waals surface area contributed by atoms with Crippen molar-refractivity contribution in [3.8, 4) is 0 Å². The van der Waals surface area contributed by atoms with Crippen molar-refractivity contribution in [1.82, 2.24) is 5.32 Å². The highest BCUT2D eigenvalue weighted by Gasteiger charge is 2.32. The van der Waals surface area contributed by atoms with Crippen molar-refractivity contribution in [3.05, 3.63) is 0 Å². The predicted octanol–water partition coefficient (Wildman–Crippen LogP) is 1.69. The average molecular weight is 259 g/mol. The van der Waals surface area contributed by atoms with Crippen molar-refractivity contribution in [3.63, 3.8) is 0 Å². The van der Waals surface area contributed by atoms with Gasteiger partial charge in [-0.15, -0.1) is 0 Å². The Morgan fingerprint density at radius 3 is 2.82 bits per heavy atom. The van der Waals surface area contributed by atoms with E-state index in [0.29, 0.717) is 6.04 Å². The summed E-state index contributed by atoms with van der Waals surface area (Å²) in [4.78, 5) is 0. The molecule has 4 heteroatoms. The fourth-order valence-electron chi connectivity index (χ4n) is 2.44. The van der Waals surface area contributed by atoms with Crippen LogP contribution in [0.5, 0.6) is 0 Å². The molecule has 2 rings (SSSR count). The molecule has 0 spiro atoms. The molecule has 2 aliphatic rings. The number of ether oxygens (including phenoxy) is 1. The summed E-state index contributed by atoms with van der Waals surface area (Å²) in [5, 5.41) is 3.55. The van der Waals surface area contributed by atoms with Gasteiger partial charge >= 0.3 is 0 Å². The smallest absolute Gasteiger partial charge is 0.0691 e. The molecule has 0 aromatic rings. The van der Waals surface area contributed by atoms with Gasteiger partial charge in [-0.3, -0.25) is 4.21 Å². The SMILES string of the molecule is CCCNC(CS(=O)CC1CCCO1)C1CC1. The van der Waals surface area contributed by atoms with E-state index in [-0.39, 0.29) is 6.10 Å². The van der Waals surface area contributed by atoms with Crippen molar-refractivity contribution in [2.24, 2.45) is 5.92 Å². The zero-order valence-corrected chi connectivity index (χ0v) is 11.6. The summed E-state index contributed by atoms with van der Waals surface area (Å²) in [6.07, 6.45) is 6.30. The van der Waals surface area contributed by atoms with Crippen molar-refractivity contribution in [2.45, 2.75) is 51.2 Å². The van der Waals surface area contributed by atoms with Crippen LogP contribution in [0.2, 0.25) is 0 Å². The lowest BCUT2D eigenvalue weighted by molar-refractivity contribution is 0.128. The van der Waals surface area contributed by atoms with Crippen LogP contribution < -0.4 is 5.32 Å². The van der Waals surface area contributed by atoms with Gasteiger partial charge in [-0.05, 0) is 44.6 Å². The van der Waals surface area contributed by atoms with Crippen LogP contribution in [0.4, 0.5) is 0 Å². The number of nitrogens with one attached hydrogen (secondary N) is 1. The van der Waals surface area contributed by atoms with E-state index < -0.39 is 10.8 Å².